The second-order valence-electron chi connectivity index (χ2n) is 6.18. The van der Waals surface area contributed by atoms with Crippen LogP contribution in [-0.4, -0.2) is 105 Å². The van der Waals surface area contributed by atoms with E-state index in [0.717, 1.165) is 6.33 Å². The van der Waals surface area contributed by atoms with Crippen molar-refractivity contribution in [2.75, 3.05) is 52.6 Å². The molecule has 0 aliphatic rings. The number of amides is 2. The number of nitrogens with zero attached hydrogens (tertiary/aromatic N) is 4. The molecule has 10 nitrogen and oxygen atoms in total. The Balaban J connectivity index is 2.97. The van der Waals surface area contributed by atoms with Crippen LogP contribution in [0.5, 0.6) is 0 Å². The van der Waals surface area contributed by atoms with Crippen molar-refractivity contribution in [1.82, 2.24) is 19.8 Å². The molecule has 0 saturated carbocycles. The third-order valence-electron chi connectivity index (χ3n) is 4.02. The average Bonchev–Trinajstić information content (AvgIpc) is 2.73. The Morgan fingerprint density at radius 2 is 1.00 bits per heavy atom. The van der Waals surface area contributed by atoms with Gasteiger partial charge in [0.15, 0.2) is 0 Å². The van der Waals surface area contributed by atoms with Crippen LogP contribution in [0.4, 0.5) is 0 Å². The third-order valence-corrected chi connectivity index (χ3v) is 4.02. The van der Waals surface area contributed by atoms with Gasteiger partial charge in [-0.05, 0) is 25.7 Å². The number of hydrogen-bond donors (Lipinski definition) is 4. The van der Waals surface area contributed by atoms with E-state index in [0.29, 0.717) is 51.9 Å². The van der Waals surface area contributed by atoms with Crippen LogP contribution < -0.4 is 0 Å². The summed E-state index contributed by atoms with van der Waals surface area (Å²) in [5.74, 6) is -0.814. The number of rotatable bonds is 14. The third kappa shape index (κ3) is 7.85. The van der Waals surface area contributed by atoms with Crippen molar-refractivity contribution in [2.45, 2.75) is 25.7 Å². The monoisotopic (exact) mass is 398 g/mol. The first-order chi connectivity index (χ1) is 13.6. The van der Waals surface area contributed by atoms with Crippen LogP contribution in [0.15, 0.2) is 12.4 Å². The van der Waals surface area contributed by atoms with E-state index in [-0.39, 0.29) is 37.8 Å². The molecule has 0 spiro atoms. The lowest BCUT2D eigenvalue weighted by Crippen LogP contribution is -2.36. The summed E-state index contributed by atoms with van der Waals surface area (Å²) in [7, 11) is 0. The van der Waals surface area contributed by atoms with Crippen LogP contribution in [0.2, 0.25) is 0 Å². The zero-order valence-corrected chi connectivity index (χ0v) is 16.0. The number of hydrogen-bond acceptors (Lipinski definition) is 8. The predicted molar refractivity (Wildman–Crippen MR) is 101 cm³/mol. The number of aliphatic hydroxyl groups is 4. The second kappa shape index (κ2) is 13.9. The highest BCUT2D eigenvalue weighted by molar-refractivity contribution is 5.97. The molecule has 0 bridgehead atoms. The smallest absolute Gasteiger partial charge is 0.272 e. The Bertz CT molecular complexity index is 538. The maximum atomic E-state index is 12.7. The standard InChI is InChI=1S/C18H30N4O6/c23-9-1-5-21(6-2-10-24)17(27)15-13-16(20-14-19-15)18(28)22(7-3-11-25)8-4-12-26/h13-14,23-26H,1-12H2. The summed E-state index contributed by atoms with van der Waals surface area (Å²) in [6.45, 7) is 0.956. The number of aromatic nitrogens is 2. The Hall–Kier alpha value is -2.14. The molecule has 158 valence electrons. The van der Waals surface area contributed by atoms with E-state index >= 15 is 0 Å². The molecule has 0 atom stereocenters. The molecule has 0 unspecified atom stereocenters. The largest absolute Gasteiger partial charge is 0.396 e. The van der Waals surface area contributed by atoms with Crippen LogP contribution in [-0.2, 0) is 0 Å². The van der Waals surface area contributed by atoms with Crippen LogP contribution in [0.25, 0.3) is 0 Å². The minimum atomic E-state index is -0.407. The van der Waals surface area contributed by atoms with Gasteiger partial charge in [0, 0.05) is 58.7 Å². The minimum absolute atomic E-state index is 0.0542. The van der Waals surface area contributed by atoms with Crippen molar-refractivity contribution in [1.29, 1.82) is 0 Å². The Morgan fingerprint density at radius 1 is 0.679 bits per heavy atom. The first-order valence-corrected chi connectivity index (χ1v) is 9.43. The van der Waals surface area contributed by atoms with Crippen molar-refractivity contribution < 1.29 is 30.0 Å². The van der Waals surface area contributed by atoms with E-state index in [1.54, 1.807) is 0 Å². The quantitative estimate of drug-likeness (QED) is 0.308. The first-order valence-electron chi connectivity index (χ1n) is 9.43. The Morgan fingerprint density at radius 3 is 1.29 bits per heavy atom. The van der Waals surface area contributed by atoms with Crippen molar-refractivity contribution in [3.05, 3.63) is 23.8 Å². The van der Waals surface area contributed by atoms with E-state index in [1.165, 1.54) is 15.9 Å². The summed E-state index contributed by atoms with van der Waals surface area (Å²) < 4.78 is 0. The van der Waals surface area contributed by atoms with Crippen molar-refractivity contribution in [2.24, 2.45) is 0 Å². The Labute approximate surface area is 164 Å². The van der Waals surface area contributed by atoms with E-state index < -0.39 is 11.8 Å². The van der Waals surface area contributed by atoms with Crippen molar-refractivity contribution in [3.8, 4) is 0 Å². The van der Waals surface area contributed by atoms with Crippen LogP contribution >= 0.6 is 0 Å². The lowest BCUT2D eigenvalue weighted by molar-refractivity contribution is 0.0725. The highest BCUT2D eigenvalue weighted by Crippen LogP contribution is 2.09. The highest BCUT2D eigenvalue weighted by atomic mass is 16.3. The van der Waals surface area contributed by atoms with E-state index in [4.69, 9.17) is 20.4 Å². The second-order valence-corrected chi connectivity index (χ2v) is 6.18. The summed E-state index contributed by atoms with van der Waals surface area (Å²) in [6.07, 6.45) is 2.72. The van der Waals surface area contributed by atoms with Gasteiger partial charge in [-0.25, -0.2) is 9.97 Å². The fourth-order valence-electron chi connectivity index (χ4n) is 2.59. The molecule has 28 heavy (non-hydrogen) atoms. The lowest BCUT2D eigenvalue weighted by atomic mass is 10.2. The molecule has 0 fully saturated rings. The van der Waals surface area contributed by atoms with Gasteiger partial charge in [0.1, 0.15) is 17.7 Å². The fraction of sp³-hybridized carbons (Fsp3) is 0.667. The molecule has 0 aromatic carbocycles. The molecule has 4 N–H and O–H groups in total. The topological polar surface area (TPSA) is 147 Å². The van der Waals surface area contributed by atoms with E-state index in [9.17, 15) is 9.59 Å². The summed E-state index contributed by atoms with van der Waals surface area (Å²) in [5, 5.41) is 36.1. The van der Waals surface area contributed by atoms with Gasteiger partial charge >= 0.3 is 0 Å². The van der Waals surface area contributed by atoms with Crippen molar-refractivity contribution in [3.63, 3.8) is 0 Å². The van der Waals surface area contributed by atoms with Gasteiger partial charge in [0.25, 0.3) is 11.8 Å². The summed E-state index contributed by atoms with van der Waals surface area (Å²) in [5.41, 5.74) is 0.108. The van der Waals surface area contributed by atoms with Crippen molar-refractivity contribution >= 4 is 11.8 Å². The van der Waals surface area contributed by atoms with Gasteiger partial charge in [-0.1, -0.05) is 0 Å². The SMILES string of the molecule is O=C(c1cc(C(=O)N(CCCO)CCCO)ncn1)N(CCCO)CCCO. The molecule has 0 radical (unpaired) electrons. The zero-order chi connectivity index (χ0) is 20.8. The maximum absolute atomic E-state index is 12.7. The van der Waals surface area contributed by atoms with Crippen LogP contribution in [0, 0.1) is 0 Å². The molecular weight excluding hydrogens is 368 g/mol. The first kappa shape index (κ1) is 23.9. The molecule has 10 heteroatoms. The number of carbonyl (C=O) groups is 2. The lowest BCUT2D eigenvalue weighted by Gasteiger charge is -2.23. The molecule has 0 aliphatic heterocycles. The molecule has 1 aromatic heterocycles. The predicted octanol–water partition coefficient (Wildman–Crippen LogP) is -1.11. The number of aliphatic hydroxyl groups excluding tert-OH is 4. The molecular formula is C18H30N4O6. The van der Waals surface area contributed by atoms with Crippen LogP contribution in [0.1, 0.15) is 46.7 Å². The molecule has 2 amide bonds. The molecule has 1 rings (SSSR count). The molecule has 0 saturated heterocycles. The van der Waals surface area contributed by atoms with Gasteiger partial charge in [-0.15, -0.1) is 0 Å². The normalized spacial score (nSPS) is 10.7. The van der Waals surface area contributed by atoms with Gasteiger partial charge < -0.3 is 30.2 Å². The minimum Gasteiger partial charge on any atom is -0.396 e. The van der Waals surface area contributed by atoms with E-state index in [1.807, 2.05) is 0 Å². The van der Waals surface area contributed by atoms with E-state index in [2.05, 4.69) is 9.97 Å². The fourth-order valence-corrected chi connectivity index (χ4v) is 2.59. The summed E-state index contributed by atoms with van der Waals surface area (Å²) in [4.78, 5) is 36.3. The summed E-state index contributed by atoms with van der Waals surface area (Å²) in [6, 6.07) is 1.32. The average molecular weight is 398 g/mol. The molecule has 1 aromatic rings. The zero-order valence-electron chi connectivity index (χ0n) is 16.0. The maximum Gasteiger partial charge on any atom is 0.272 e. The number of carbonyl (C=O) groups excluding carboxylic acids is 2. The van der Waals surface area contributed by atoms with Gasteiger partial charge in [0.2, 0.25) is 0 Å². The van der Waals surface area contributed by atoms with Gasteiger partial charge in [-0.2, -0.15) is 0 Å². The highest BCUT2D eigenvalue weighted by Gasteiger charge is 2.21. The van der Waals surface area contributed by atoms with Crippen LogP contribution in [0.3, 0.4) is 0 Å². The Kier molecular flexibility index (Phi) is 11.9. The van der Waals surface area contributed by atoms with Gasteiger partial charge in [-0.3, -0.25) is 9.59 Å². The summed E-state index contributed by atoms with van der Waals surface area (Å²) >= 11 is 0. The van der Waals surface area contributed by atoms with Gasteiger partial charge in [0.05, 0.1) is 0 Å². The molecule has 0 aliphatic carbocycles. The molecule has 1 heterocycles.